The molecule has 0 atom stereocenters. The van der Waals surface area contributed by atoms with Crippen LogP contribution in [0.3, 0.4) is 0 Å². The van der Waals surface area contributed by atoms with Crippen molar-refractivity contribution in [2.75, 3.05) is 19.6 Å². The molecule has 4 heterocycles. The molecule has 12 aliphatic rings. The summed E-state index contributed by atoms with van der Waals surface area (Å²) in [7, 11) is 0. The molecule has 0 amide bonds. The Hall–Kier alpha value is -17.8. The van der Waals surface area contributed by atoms with Crippen molar-refractivity contribution < 1.29 is 0 Å². The van der Waals surface area contributed by atoms with E-state index in [0.717, 1.165) is 0 Å². The van der Waals surface area contributed by atoms with E-state index in [2.05, 4.69) is 520 Å². The maximum atomic E-state index is 2.58. The molecule has 146 heavy (non-hydrogen) atoms. The Kier molecular flexibility index (Phi) is 16.1. The second-order valence-electron chi connectivity index (χ2n) is 42.3. The fourth-order valence-electron chi connectivity index (χ4n) is 30.3. The first-order valence-electron chi connectivity index (χ1n) is 51.7. The van der Waals surface area contributed by atoms with Gasteiger partial charge in [-0.05, 0) is 358 Å². The van der Waals surface area contributed by atoms with E-state index in [1.165, 1.54) is 301 Å². The van der Waals surface area contributed by atoms with Gasteiger partial charge in [-0.25, -0.2) is 0 Å². The molecule has 0 unspecified atom stereocenters. The number of rotatable bonds is 4. The molecular weight excluding hydrogens is 1760 g/mol. The van der Waals surface area contributed by atoms with E-state index in [1.807, 2.05) is 0 Å². The summed E-state index contributed by atoms with van der Waals surface area (Å²) >= 11 is 0. The minimum atomic E-state index is -0.395. The number of fused-ring (bicyclic) bond motifs is 48. The predicted molar refractivity (Wildman–Crippen MR) is 605 cm³/mol. The Labute approximate surface area is 850 Å². The summed E-state index contributed by atoms with van der Waals surface area (Å²) in [5.41, 5.74) is 68.7. The first-order chi connectivity index (χ1) is 72.1. The van der Waals surface area contributed by atoms with Crippen LogP contribution in [0, 0.1) is 27.7 Å². The summed E-state index contributed by atoms with van der Waals surface area (Å²) in [6, 6.07) is 182. The zero-order valence-corrected chi connectivity index (χ0v) is 81.0. The second kappa shape index (κ2) is 29.0. The van der Waals surface area contributed by atoms with Crippen molar-refractivity contribution in [1.29, 1.82) is 0 Å². The number of hydrogen-bond donors (Lipinski definition) is 0. The minimum absolute atomic E-state index is 0.0414. The van der Waals surface area contributed by atoms with E-state index >= 15 is 0 Å². The molecule has 34 rings (SSSR count). The van der Waals surface area contributed by atoms with Crippen LogP contribution < -0.4 is 52.4 Å². The number of nitrogens with zero attached hydrogens (tertiary/aromatic N) is 4. The highest BCUT2D eigenvalue weighted by Crippen LogP contribution is 2.70. The Morgan fingerprint density at radius 3 is 0.473 bits per heavy atom. The van der Waals surface area contributed by atoms with Crippen LogP contribution in [-0.2, 0) is 21.7 Å². The average Bonchev–Trinajstić information content (AvgIpc) is 1.53. The molecule has 0 radical (unpaired) electrons. The summed E-state index contributed by atoms with van der Waals surface area (Å²) < 4.78 is 0. The van der Waals surface area contributed by atoms with E-state index < -0.39 is 21.7 Å². The van der Waals surface area contributed by atoms with Gasteiger partial charge in [0.1, 0.15) is 0 Å². The van der Waals surface area contributed by atoms with Gasteiger partial charge in [0.15, 0.2) is 0 Å². The van der Waals surface area contributed by atoms with Gasteiger partial charge < -0.3 is 19.6 Å². The lowest BCUT2D eigenvalue weighted by Gasteiger charge is -2.44. The third-order valence-electron chi connectivity index (χ3n) is 35.6. The summed E-state index contributed by atoms with van der Waals surface area (Å²) in [6.45, 7) is 9.03. The molecule has 676 valence electrons. The lowest BCUT2D eigenvalue weighted by Crippen LogP contribution is -2.61. The SMILES string of the molecule is Cc1ccc2c(c1)N(c1ccc3c(c1)-c1ccccc1C31c3ccccc3-c3ccccc31)c1cccc3c1B2c1ccc(C)cc1N3c1ccc2c(c1)-c1ccccc1C21c2ccccc2-c2ccccc21.Cc1ccc2c(c1)N(c1ccc3c(c1)-c1ccccc1C31c3ccccc3-c3ccccc31)c1cccc3c1B2c1ccc(C)cc1N3c1ccc2c(c1)-c1ccccc1C21c2ccccc2-c2ccccc21. The highest BCUT2D eigenvalue weighted by Gasteiger charge is 2.58. The molecule has 0 bridgehead atoms. The van der Waals surface area contributed by atoms with Crippen LogP contribution in [0.5, 0.6) is 0 Å². The molecule has 6 heteroatoms. The highest BCUT2D eigenvalue weighted by molar-refractivity contribution is 7.01. The van der Waals surface area contributed by atoms with Gasteiger partial charge in [-0.1, -0.05) is 376 Å². The van der Waals surface area contributed by atoms with Gasteiger partial charge in [0.2, 0.25) is 0 Å². The minimum Gasteiger partial charge on any atom is -0.311 e. The number of benzene rings is 22. The predicted octanol–water partition coefficient (Wildman–Crippen LogP) is 30.1. The van der Waals surface area contributed by atoms with E-state index in [9.17, 15) is 0 Å². The van der Waals surface area contributed by atoms with Gasteiger partial charge >= 0.3 is 0 Å². The number of anilines is 12. The third kappa shape index (κ3) is 9.93. The van der Waals surface area contributed by atoms with Crippen molar-refractivity contribution in [3.63, 3.8) is 0 Å². The molecule has 4 aliphatic heterocycles. The average molecular weight is 1850 g/mol. The van der Waals surface area contributed by atoms with Crippen molar-refractivity contribution in [2.24, 2.45) is 0 Å². The van der Waals surface area contributed by atoms with Gasteiger partial charge in [0.25, 0.3) is 13.4 Å². The monoisotopic (exact) mass is 1850 g/mol. The standard InChI is InChI=1S/2C70H45BN2/c2*1-42-30-36-62-66(38-42)72(44-32-34-60-52(40-44)50-20-7-13-26-58(50)69(60)54-22-9-3-16-46(54)47-17-4-10-23-55(47)69)64-28-15-29-65-68(64)71(62)63-37-31-43(2)39-67(63)73(65)45-33-35-61-53(41-45)51-21-8-14-27-59(51)70(61)56-24-11-5-18-48(56)49-19-6-12-25-57(49)70/h2*3-41H,1-2H3. The molecule has 0 saturated carbocycles. The Bertz CT molecular complexity index is 8410. The van der Waals surface area contributed by atoms with Gasteiger partial charge in [-0.15, -0.1) is 0 Å². The zero-order chi connectivity index (χ0) is 95.8. The van der Waals surface area contributed by atoms with Crippen LogP contribution in [0.25, 0.3) is 89.0 Å². The molecule has 8 aliphatic carbocycles. The van der Waals surface area contributed by atoms with Crippen molar-refractivity contribution in [2.45, 2.75) is 49.4 Å². The maximum Gasteiger partial charge on any atom is 0.252 e. The number of aryl methyl sites for hydroxylation is 4. The molecule has 4 nitrogen and oxygen atoms in total. The molecule has 0 aromatic heterocycles. The lowest BCUT2D eigenvalue weighted by atomic mass is 9.33. The van der Waals surface area contributed by atoms with E-state index in [1.54, 1.807) is 0 Å². The summed E-state index contributed by atoms with van der Waals surface area (Å²) in [5, 5.41) is 0. The van der Waals surface area contributed by atoms with Crippen molar-refractivity contribution in [1.82, 2.24) is 0 Å². The topological polar surface area (TPSA) is 13.0 Å². The molecule has 0 saturated heterocycles. The van der Waals surface area contributed by atoms with Gasteiger partial charge in [-0.3, -0.25) is 0 Å². The smallest absolute Gasteiger partial charge is 0.252 e. The number of hydrogen-bond acceptors (Lipinski definition) is 4. The Morgan fingerprint density at radius 1 is 0.137 bits per heavy atom. The maximum absolute atomic E-state index is 2.58. The molecule has 0 N–H and O–H groups in total. The molecule has 4 spiro atoms. The van der Waals surface area contributed by atoms with Crippen LogP contribution >= 0.6 is 0 Å². The zero-order valence-electron chi connectivity index (χ0n) is 81.0. The first kappa shape index (κ1) is 80.8. The largest absolute Gasteiger partial charge is 0.311 e. The van der Waals surface area contributed by atoms with Crippen LogP contribution in [0.2, 0.25) is 0 Å². The quantitative estimate of drug-likeness (QED) is 0.163. The summed E-state index contributed by atoms with van der Waals surface area (Å²) in [6.07, 6.45) is 0. The first-order valence-corrected chi connectivity index (χ1v) is 51.7. The fraction of sp³-hybridized carbons (Fsp3) is 0.0571. The normalized spacial score (nSPS) is 15.1. The lowest BCUT2D eigenvalue weighted by molar-refractivity contribution is 0.794. The van der Waals surface area contributed by atoms with Crippen molar-refractivity contribution in [3.05, 3.63) is 584 Å². The van der Waals surface area contributed by atoms with Crippen LogP contribution in [-0.4, -0.2) is 13.4 Å². The van der Waals surface area contributed by atoms with Gasteiger partial charge in [0.05, 0.1) is 21.7 Å². The fourth-order valence-corrected chi connectivity index (χ4v) is 30.3. The molecule has 22 aromatic carbocycles. The highest BCUT2D eigenvalue weighted by atomic mass is 15.2. The second-order valence-corrected chi connectivity index (χ2v) is 42.3. The molecular formula is C140H90B2N4. The Balaban J connectivity index is 0.000000128. The Morgan fingerprint density at radius 2 is 0.295 bits per heavy atom. The van der Waals surface area contributed by atoms with Gasteiger partial charge in [0, 0.05) is 68.2 Å². The van der Waals surface area contributed by atoms with Gasteiger partial charge in [-0.2, -0.15) is 0 Å². The van der Waals surface area contributed by atoms with Crippen molar-refractivity contribution in [3.8, 4) is 89.0 Å². The van der Waals surface area contributed by atoms with Crippen LogP contribution in [0.1, 0.15) is 111 Å². The molecule has 22 aromatic rings. The van der Waals surface area contributed by atoms with E-state index in [4.69, 9.17) is 0 Å². The third-order valence-corrected chi connectivity index (χ3v) is 35.6. The van der Waals surface area contributed by atoms with E-state index in [-0.39, 0.29) is 13.4 Å². The molecule has 0 fully saturated rings. The van der Waals surface area contributed by atoms with Crippen molar-refractivity contribution >= 4 is 114 Å². The van der Waals surface area contributed by atoms with Crippen LogP contribution in [0.15, 0.2) is 473 Å². The summed E-state index contributed by atoms with van der Waals surface area (Å²) in [4.78, 5) is 10.3. The summed E-state index contributed by atoms with van der Waals surface area (Å²) in [5.74, 6) is 0. The van der Waals surface area contributed by atoms with E-state index in [0.29, 0.717) is 0 Å². The van der Waals surface area contributed by atoms with Crippen LogP contribution in [0.4, 0.5) is 68.2 Å².